The van der Waals surface area contributed by atoms with Crippen molar-refractivity contribution in [1.82, 2.24) is 19.9 Å². The Balaban J connectivity index is 1.29. The van der Waals surface area contributed by atoms with Crippen LogP contribution in [-0.4, -0.2) is 19.9 Å². The molecule has 3 aromatic heterocycles. The van der Waals surface area contributed by atoms with Crippen molar-refractivity contribution in [3.8, 4) is 56.7 Å². The van der Waals surface area contributed by atoms with E-state index in [1.165, 1.54) is 0 Å². The molecule has 3 heterocycles. The highest BCUT2D eigenvalue weighted by molar-refractivity contribution is 6.12. The molecule has 8 aromatic rings. The Morgan fingerprint density at radius 3 is 1.40 bits per heavy atom. The van der Waals surface area contributed by atoms with E-state index >= 15 is 0 Å². The third kappa shape index (κ3) is 4.53. The predicted molar refractivity (Wildman–Crippen MR) is 172 cm³/mol. The first-order valence-corrected chi connectivity index (χ1v) is 14.2. The number of benzene rings is 5. The van der Waals surface area contributed by atoms with Gasteiger partial charge in [0.1, 0.15) is 16.9 Å². The lowest BCUT2D eigenvalue weighted by atomic mass is 10.0. The Hall–Kier alpha value is -5.94. The van der Waals surface area contributed by atoms with Crippen molar-refractivity contribution < 1.29 is 4.42 Å². The van der Waals surface area contributed by atoms with Gasteiger partial charge in [-0.1, -0.05) is 127 Å². The van der Waals surface area contributed by atoms with Gasteiger partial charge in [-0.2, -0.15) is 0 Å². The van der Waals surface area contributed by atoms with Crippen molar-refractivity contribution in [2.24, 2.45) is 0 Å². The van der Waals surface area contributed by atoms with Gasteiger partial charge in [0, 0.05) is 33.0 Å². The van der Waals surface area contributed by atoms with Gasteiger partial charge in [0.05, 0.1) is 5.69 Å². The maximum atomic E-state index is 6.64. The van der Waals surface area contributed by atoms with Crippen LogP contribution in [0.2, 0.25) is 0 Å². The van der Waals surface area contributed by atoms with Crippen LogP contribution in [0, 0.1) is 0 Å². The summed E-state index contributed by atoms with van der Waals surface area (Å²) < 4.78 is 6.64. The van der Waals surface area contributed by atoms with Crippen LogP contribution in [0.4, 0.5) is 0 Å². The molecule has 0 radical (unpaired) electrons. The molecule has 0 aliphatic carbocycles. The van der Waals surface area contributed by atoms with E-state index in [0.29, 0.717) is 23.2 Å². The fourth-order valence-corrected chi connectivity index (χ4v) is 5.50. The Morgan fingerprint density at radius 2 is 0.791 bits per heavy atom. The number of rotatable bonds is 5. The molecule has 0 aliphatic rings. The van der Waals surface area contributed by atoms with E-state index in [-0.39, 0.29) is 0 Å². The van der Waals surface area contributed by atoms with Gasteiger partial charge in [-0.3, -0.25) is 0 Å². The first-order chi connectivity index (χ1) is 21.3. The second-order valence-electron chi connectivity index (χ2n) is 10.3. The van der Waals surface area contributed by atoms with E-state index in [4.69, 9.17) is 24.4 Å². The summed E-state index contributed by atoms with van der Waals surface area (Å²) in [7, 11) is 0. The minimum absolute atomic E-state index is 0.512. The van der Waals surface area contributed by atoms with Crippen LogP contribution in [0.15, 0.2) is 150 Å². The van der Waals surface area contributed by atoms with E-state index in [9.17, 15) is 0 Å². The summed E-state index contributed by atoms with van der Waals surface area (Å²) in [6, 6.07) is 48.7. The predicted octanol–water partition coefficient (Wildman–Crippen LogP) is 9.50. The lowest BCUT2D eigenvalue weighted by molar-refractivity contribution is 0.671. The van der Waals surface area contributed by atoms with Crippen molar-refractivity contribution in [3.05, 3.63) is 146 Å². The van der Waals surface area contributed by atoms with Crippen molar-refractivity contribution in [1.29, 1.82) is 0 Å². The largest absolute Gasteiger partial charge is 0.455 e. The average Bonchev–Trinajstić information content (AvgIpc) is 3.48. The highest BCUT2D eigenvalue weighted by Gasteiger charge is 2.18. The number of furan rings is 1. The van der Waals surface area contributed by atoms with Gasteiger partial charge in [-0.15, -0.1) is 0 Å². The fraction of sp³-hybridized carbons (Fsp3) is 0. The second kappa shape index (κ2) is 10.5. The van der Waals surface area contributed by atoms with Crippen molar-refractivity contribution >= 4 is 21.9 Å². The zero-order valence-corrected chi connectivity index (χ0v) is 23.1. The third-order valence-corrected chi connectivity index (χ3v) is 7.56. The molecule has 43 heavy (non-hydrogen) atoms. The molecule has 0 N–H and O–H groups in total. The van der Waals surface area contributed by atoms with Gasteiger partial charge in [0.25, 0.3) is 0 Å². The van der Waals surface area contributed by atoms with Crippen LogP contribution in [0.1, 0.15) is 0 Å². The highest BCUT2D eigenvalue weighted by Crippen LogP contribution is 2.39. The SMILES string of the molecule is c1ccc(-c2nc(-c3ccccc3)nc(-c3cccc(-c4cccc5c4oc4c(-c6ccccc6)cccc45)n3)n2)cc1. The molecule has 0 bridgehead atoms. The van der Waals surface area contributed by atoms with Crippen LogP contribution in [0.3, 0.4) is 0 Å². The van der Waals surface area contributed by atoms with Crippen LogP contribution >= 0.6 is 0 Å². The van der Waals surface area contributed by atoms with Gasteiger partial charge in [-0.05, 0) is 23.8 Å². The molecule has 0 atom stereocenters. The van der Waals surface area contributed by atoms with Crippen LogP contribution in [-0.2, 0) is 0 Å². The number of para-hydroxylation sites is 2. The summed E-state index contributed by atoms with van der Waals surface area (Å²) in [6.45, 7) is 0. The molecule has 0 spiro atoms. The lowest BCUT2D eigenvalue weighted by Crippen LogP contribution is -2.01. The minimum Gasteiger partial charge on any atom is -0.455 e. The molecule has 0 saturated heterocycles. The maximum absolute atomic E-state index is 6.64. The first-order valence-electron chi connectivity index (χ1n) is 14.2. The third-order valence-electron chi connectivity index (χ3n) is 7.56. The van der Waals surface area contributed by atoms with Crippen molar-refractivity contribution in [2.45, 2.75) is 0 Å². The van der Waals surface area contributed by atoms with Gasteiger partial charge in [0.2, 0.25) is 0 Å². The summed E-state index contributed by atoms with van der Waals surface area (Å²) in [5.74, 6) is 1.71. The van der Waals surface area contributed by atoms with E-state index in [1.807, 2.05) is 97.1 Å². The topological polar surface area (TPSA) is 64.7 Å². The summed E-state index contributed by atoms with van der Waals surface area (Å²) in [4.78, 5) is 19.6. The molecular weight excluding hydrogens is 528 g/mol. The lowest BCUT2D eigenvalue weighted by Gasteiger charge is -2.09. The Bertz CT molecular complexity index is 2170. The summed E-state index contributed by atoms with van der Waals surface area (Å²) in [6.07, 6.45) is 0. The van der Waals surface area contributed by atoms with E-state index in [2.05, 4.69) is 48.5 Å². The molecule has 0 fully saturated rings. The smallest absolute Gasteiger partial charge is 0.182 e. The molecule has 8 rings (SSSR count). The number of hydrogen-bond acceptors (Lipinski definition) is 5. The molecule has 5 aromatic carbocycles. The molecule has 0 amide bonds. The number of pyridine rings is 1. The normalized spacial score (nSPS) is 11.3. The van der Waals surface area contributed by atoms with Gasteiger partial charge < -0.3 is 4.42 Å². The number of nitrogens with zero attached hydrogens (tertiary/aromatic N) is 4. The fourth-order valence-electron chi connectivity index (χ4n) is 5.50. The quantitative estimate of drug-likeness (QED) is 0.213. The Morgan fingerprint density at radius 1 is 0.326 bits per heavy atom. The summed E-state index contributed by atoms with van der Waals surface area (Å²) in [5, 5.41) is 2.13. The zero-order chi connectivity index (χ0) is 28.6. The van der Waals surface area contributed by atoms with Crippen molar-refractivity contribution in [3.63, 3.8) is 0 Å². The molecule has 0 aliphatic heterocycles. The van der Waals surface area contributed by atoms with Gasteiger partial charge in [0.15, 0.2) is 17.5 Å². The van der Waals surface area contributed by atoms with Crippen molar-refractivity contribution in [2.75, 3.05) is 0 Å². The van der Waals surface area contributed by atoms with Crippen LogP contribution in [0.5, 0.6) is 0 Å². The monoisotopic (exact) mass is 552 g/mol. The number of hydrogen-bond donors (Lipinski definition) is 0. The highest BCUT2D eigenvalue weighted by atomic mass is 16.3. The number of aromatic nitrogens is 4. The molecule has 0 unspecified atom stereocenters. The summed E-state index contributed by atoms with van der Waals surface area (Å²) >= 11 is 0. The first kappa shape index (κ1) is 24.8. The van der Waals surface area contributed by atoms with E-state index in [1.54, 1.807) is 0 Å². The Kier molecular flexibility index (Phi) is 6.05. The molecule has 5 nitrogen and oxygen atoms in total. The maximum Gasteiger partial charge on any atom is 0.182 e. The molecular formula is C38H24N4O. The number of fused-ring (bicyclic) bond motifs is 3. The van der Waals surface area contributed by atoms with Crippen LogP contribution < -0.4 is 0 Å². The van der Waals surface area contributed by atoms with E-state index in [0.717, 1.165) is 55.4 Å². The van der Waals surface area contributed by atoms with Gasteiger partial charge in [-0.25, -0.2) is 19.9 Å². The Labute approximate surface area is 248 Å². The molecule has 202 valence electrons. The van der Waals surface area contributed by atoms with Crippen LogP contribution in [0.25, 0.3) is 78.6 Å². The van der Waals surface area contributed by atoms with Gasteiger partial charge >= 0.3 is 0 Å². The van der Waals surface area contributed by atoms with E-state index < -0.39 is 0 Å². The summed E-state index contributed by atoms with van der Waals surface area (Å²) in [5.41, 5.74) is 8.04. The molecule has 5 heteroatoms. The zero-order valence-electron chi connectivity index (χ0n) is 23.1. The minimum atomic E-state index is 0.512. The average molecular weight is 553 g/mol. The molecule has 0 saturated carbocycles. The standard InChI is InChI=1S/C38H24N4O/c1-4-13-25(14-5-1)28-19-10-20-29-30-21-11-22-31(35(30)43-34(28)29)32-23-12-24-33(39-32)38-41-36(26-15-6-2-7-16-26)40-37(42-38)27-17-8-3-9-18-27/h1-24H. The second-order valence-corrected chi connectivity index (χ2v) is 10.3.